The number of hydrogen-bond donors (Lipinski definition) is 1. The van der Waals surface area contributed by atoms with Gasteiger partial charge in [-0.2, -0.15) is 0 Å². The highest BCUT2D eigenvalue weighted by Crippen LogP contribution is 2.14. The zero-order valence-corrected chi connectivity index (χ0v) is 12.2. The van der Waals surface area contributed by atoms with Crippen molar-refractivity contribution in [3.05, 3.63) is 11.1 Å². The molecule has 7 heteroatoms. The van der Waals surface area contributed by atoms with Gasteiger partial charge in [-0.05, 0) is 12.8 Å². The third-order valence-electron chi connectivity index (χ3n) is 2.24. The Kier molecular flexibility index (Phi) is 5.75. The van der Waals surface area contributed by atoms with E-state index in [4.69, 9.17) is 10.5 Å². The van der Waals surface area contributed by atoms with E-state index in [0.29, 0.717) is 18.3 Å². The summed E-state index contributed by atoms with van der Waals surface area (Å²) >= 11 is 1.20. The summed E-state index contributed by atoms with van der Waals surface area (Å²) in [6, 6.07) is 0. The molecule has 0 unspecified atom stereocenters. The molecule has 0 radical (unpaired) electrons. The van der Waals surface area contributed by atoms with E-state index in [9.17, 15) is 9.59 Å². The van der Waals surface area contributed by atoms with Gasteiger partial charge in [0.25, 0.3) is 5.91 Å². The molecule has 0 atom stereocenters. The van der Waals surface area contributed by atoms with E-state index in [1.807, 2.05) is 13.8 Å². The van der Waals surface area contributed by atoms with Crippen LogP contribution in [0.4, 0.5) is 5.13 Å². The van der Waals surface area contributed by atoms with Crippen LogP contribution >= 0.6 is 11.3 Å². The van der Waals surface area contributed by atoms with Crippen LogP contribution in [0.15, 0.2) is 5.38 Å². The van der Waals surface area contributed by atoms with E-state index in [2.05, 4.69) is 4.98 Å². The standard InChI is InChI=1S/C12H19N3O3S/c1-4-18-10(16)6-15(5-8(2)3)11(17)9-7-19-12(13)14-9/h7-8H,4-6H2,1-3H3,(H2,13,14). The SMILES string of the molecule is CCOC(=O)CN(CC(C)C)C(=O)c1csc(N)n1. The van der Waals surface area contributed by atoms with E-state index in [0.717, 1.165) is 0 Å². The number of esters is 1. The predicted octanol–water partition coefficient (Wildman–Crippen LogP) is 1.39. The molecule has 0 saturated heterocycles. The van der Waals surface area contributed by atoms with E-state index in [-0.39, 0.29) is 24.1 Å². The molecule has 106 valence electrons. The Morgan fingerprint density at radius 1 is 1.53 bits per heavy atom. The highest BCUT2D eigenvalue weighted by Gasteiger charge is 2.22. The smallest absolute Gasteiger partial charge is 0.325 e. The minimum absolute atomic E-state index is 0.0672. The summed E-state index contributed by atoms with van der Waals surface area (Å²) in [5, 5.41) is 1.93. The molecular weight excluding hydrogens is 266 g/mol. The summed E-state index contributed by atoms with van der Waals surface area (Å²) in [5.41, 5.74) is 5.78. The minimum Gasteiger partial charge on any atom is -0.465 e. The first-order valence-electron chi connectivity index (χ1n) is 6.10. The number of rotatable bonds is 6. The van der Waals surface area contributed by atoms with Crippen LogP contribution in [0, 0.1) is 5.92 Å². The number of nitrogens with zero attached hydrogens (tertiary/aromatic N) is 2. The number of carbonyl (C=O) groups excluding carboxylic acids is 2. The van der Waals surface area contributed by atoms with Crippen LogP contribution in [-0.4, -0.2) is 41.5 Å². The average Bonchev–Trinajstić information content (AvgIpc) is 2.73. The summed E-state index contributed by atoms with van der Waals surface area (Å²) in [6.45, 7) is 6.37. The number of ether oxygens (including phenoxy) is 1. The second-order valence-electron chi connectivity index (χ2n) is 4.46. The molecule has 0 fully saturated rings. The molecule has 1 amide bonds. The van der Waals surface area contributed by atoms with Gasteiger partial charge in [0.15, 0.2) is 5.13 Å². The van der Waals surface area contributed by atoms with Gasteiger partial charge in [0, 0.05) is 11.9 Å². The van der Waals surface area contributed by atoms with Crippen molar-refractivity contribution < 1.29 is 14.3 Å². The number of anilines is 1. The molecule has 2 N–H and O–H groups in total. The van der Waals surface area contributed by atoms with Crippen LogP contribution in [0.5, 0.6) is 0 Å². The zero-order chi connectivity index (χ0) is 14.4. The Hall–Kier alpha value is -1.63. The fourth-order valence-electron chi connectivity index (χ4n) is 1.57. The van der Waals surface area contributed by atoms with Gasteiger partial charge >= 0.3 is 5.97 Å². The number of amides is 1. The van der Waals surface area contributed by atoms with E-state index >= 15 is 0 Å². The van der Waals surface area contributed by atoms with Crippen LogP contribution < -0.4 is 5.73 Å². The molecule has 6 nitrogen and oxygen atoms in total. The lowest BCUT2D eigenvalue weighted by Gasteiger charge is -2.22. The number of nitrogen functional groups attached to an aromatic ring is 1. The van der Waals surface area contributed by atoms with Gasteiger partial charge in [-0.25, -0.2) is 4.98 Å². The molecule has 1 heterocycles. The van der Waals surface area contributed by atoms with Crippen molar-refractivity contribution >= 4 is 28.3 Å². The van der Waals surface area contributed by atoms with E-state index in [1.54, 1.807) is 12.3 Å². The topological polar surface area (TPSA) is 85.5 Å². The van der Waals surface area contributed by atoms with Gasteiger partial charge < -0.3 is 15.4 Å². The molecule has 0 spiro atoms. The molecule has 0 bridgehead atoms. The minimum atomic E-state index is -0.417. The Morgan fingerprint density at radius 2 is 2.21 bits per heavy atom. The Bertz CT molecular complexity index is 445. The fourth-order valence-corrected chi connectivity index (χ4v) is 2.11. The second kappa shape index (κ2) is 7.08. The maximum absolute atomic E-state index is 12.2. The van der Waals surface area contributed by atoms with Gasteiger partial charge in [-0.15, -0.1) is 11.3 Å². The molecule has 0 aliphatic carbocycles. The number of aromatic nitrogens is 1. The second-order valence-corrected chi connectivity index (χ2v) is 5.35. The Morgan fingerprint density at radius 3 is 2.68 bits per heavy atom. The Labute approximate surface area is 116 Å². The first-order chi connectivity index (χ1) is 8.93. The number of nitrogens with two attached hydrogens (primary N) is 1. The lowest BCUT2D eigenvalue weighted by molar-refractivity contribution is -0.143. The molecule has 0 saturated carbocycles. The van der Waals surface area contributed by atoms with Gasteiger partial charge in [0.1, 0.15) is 12.2 Å². The largest absolute Gasteiger partial charge is 0.465 e. The van der Waals surface area contributed by atoms with Gasteiger partial charge in [-0.1, -0.05) is 13.8 Å². The highest BCUT2D eigenvalue weighted by molar-refractivity contribution is 7.13. The maximum Gasteiger partial charge on any atom is 0.325 e. The first kappa shape index (κ1) is 15.4. The molecule has 0 aliphatic rings. The first-order valence-corrected chi connectivity index (χ1v) is 6.97. The summed E-state index contributed by atoms with van der Waals surface area (Å²) in [6.07, 6.45) is 0. The van der Waals surface area contributed by atoms with Crippen LogP contribution in [0.3, 0.4) is 0 Å². The average molecular weight is 285 g/mol. The Balaban J connectivity index is 2.78. The normalized spacial score (nSPS) is 10.5. The zero-order valence-electron chi connectivity index (χ0n) is 11.4. The number of thiazole rings is 1. The van der Waals surface area contributed by atoms with Crippen LogP contribution in [0.25, 0.3) is 0 Å². The summed E-state index contributed by atoms with van der Waals surface area (Å²) in [7, 11) is 0. The van der Waals surface area contributed by atoms with Crippen molar-refractivity contribution in [3.8, 4) is 0 Å². The molecule has 1 aromatic rings. The van der Waals surface area contributed by atoms with Crippen molar-refractivity contribution in [2.24, 2.45) is 5.92 Å². The van der Waals surface area contributed by atoms with E-state index in [1.165, 1.54) is 16.2 Å². The van der Waals surface area contributed by atoms with Crippen LogP contribution in [0.2, 0.25) is 0 Å². The van der Waals surface area contributed by atoms with Gasteiger partial charge in [-0.3, -0.25) is 9.59 Å². The van der Waals surface area contributed by atoms with Gasteiger partial charge in [0.05, 0.1) is 6.61 Å². The summed E-state index contributed by atoms with van der Waals surface area (Å²) < 4.78 is 4.87. The fraction of sp³-hybridized carbons (Fsp3) is 0.583. The van der Waals surface area contributed by atoms with Crippen molar-refractivity contribution in [2.75, 3.05) is 25.4 Å². The molecule has 0 aliphatic heterocycles. The van der Waals surface area contributed by atoms with E-state index < -0.39 is 5.97 Å². The van der Waals surface area contributed by atoms with Crippen LogP contribution in [-0.2, 0) is 9.53 Å². The molecule has 19 heavy (non-hydrogen) atoms. The highest BCUT2D eigenvalue weighted by atomic mass is 32.1. The molecule has 0 aromatic carbocycles. The third-order valence-corrected chi connectivity index (χ3v) is 2.91. The molecule has 1 rings (SSSR count). The van der Waals surface area contributed by atoms with Crippen molar-refractivity contribution in [2.45, 2.75) is 20.8 Å². The number of hydrogen-bond acceptors (Lipinski definition) is 6. The quantitative estimate of drug-likeness (QED) is 0.798. The van der Waals surface area contributed by atoms with Crippen LogP contribution in [0.1, 0.15) is 31.3 Å². The summed E-state index contributed by atoms with van der Waals surface area (Å²) in [4.78, 5) is 29.1. The van der Waals surface area contributed by atoms with Gasteiger partial charge in [0.2, 0.25) is 0 Å². The third kappa shape index (κ3) is 4.86. The van der Waals surface area contributed by atoms with Crippen molar-refractivity contribution in [1.29, 1.82) is 0 Å². The maximum atomic E-state index is 12.2. The van der Waals surface area contributed by atoms with Crippen molar-refractivity contribution in [3.63, 3.8) is 0 Å². The molecular formula is C12H19N3O3S. The summed E-state index contributed by atoms with van der Waals surface area (Å²) in [5.74, 6) is -0.469. The lowest BCUT2D eigenvalue weighted by Crippen LogP contribution is -2.39. The van der Waals surface area contributed by atoms with Crippen molar-refractivity contribution in [1.82, 2.24) is 9.88 Å². The number of carbonyl (C=O) groups is 2. The molecule has 1 aromatic heterocycles. The lowest BCUT2D eigenvalue weighted by atomic mass is 10.2. The monoisotopic (exact) mass is 285 g/mol. The predicted molar refractivity (Wildman–Crippen MR) is 73.9 cm³/mol.